The normalized spacial score (nSPS) is 10.6. The minimum Gasteiger partial charge on any atom is -0.495 e. The minimum absolute atomic E-state index is 0.184. The average Bonchev–Trinajstić information content (AvgIpc) is 3.00. The van der Waals surface area contributed by atoms with Gasteiger partial charge in [0.25, 0.3) is 0 Å². The molecule has 0 radical (unpaired) electrons. The molecule has 1 aromatic heterocycles. The van der Waals surface area contributed by atoms with Gasteiger partial charge in [-0.15, -0.1) is 0 Å². The fourth-order valence-electron chi connectivity index (χ4n) is 3.60. The van der Waals surface area contributed by atoms with Crippen LogP contribution in [0.2, 0.25) is 0 Å². The first-order valence-electron chi connectivity index (χ1n) is 9.49. The molecule has 0 aliphatic heterocycles. The lowest BCUT2D eigenvalue weighted by Crippen LogP contribution is -2.33. The van der Waals surface area contributed by atoms with Crippen LogP contribution in [0.25, 0.3) is 22.2 Å². The zero-order valence-electron chi connectivity index (χ0n) is 17.9. The number of aromatic nitrogens is 1. The summed E-state index contributed by atoms with van der Waals surface area (Å²) in [5.74, 6) is -1.51. The molecule has 0 atom stereocenters. The van der Waals surface area contributed by atoms with Crippen molar-refractivity contribution < 1.29 is 28.7 Å². The molecule has 0 spiro atoms. The first-order chi connectivity index (χ1) is 14.7. The number of imide groups is 1. The molecule has 0 aliphatic carbocycles. The summed E-state index contributed by atoms with van der Waals surface area (Å²) in [5.41, 5.74) is 1.59. The molecule has 0 fully saturated rings. The monoisotopic (exact) mass is 422 g/mol. The molecule has 2 amide bonds. The number of nitrogens with zero attached hydrogens (tertiary/aromatic N) is 2. The standard InChI is InChI=1S/C23H22N2O6/c1-13(26)24(14(2)27)20-12-19-18(11-21(20)30-5)23(31-16(4)29)22(25(19)15(3)28)17-9-7-6-8-10-17/h6-12H,1-5H3. The summed E-state index contributed by atoms with van der Waals surface area (Å²) in [6.07, 6.45) is 0. The van der Waals surface area contributed by atoms with Crippen LogP contribution in [0.3, 0.4) is 0 Å². The highest BCUT2D eigenvalue weighted by molar-refractivity contribution is 6.16. The summed E-state index contributed by atoms with van der Waals surface area (Å²) < 4.78 is 12.3. The van der Waals surface area contributed by atoms with Crippen molar-refractivity contribution in [2.75, 3.05) is 12.0 Å². The van der Waals surface area contributed by atoms with Crippen LogP contribution in [0.1, 0.15) is 32.5 Å². The molecule has 2 aromatic carbocycles. The number of anilines is 1. The summed E-state index contributed by atoms with van der Waals surface area (Å²) in [4.78, 5) is 49.9. The Balaban J connectivity index is 2.50. The Morgan fingerprint density at radius 2 is 1.52 bits per heavy atom. The van der Waals surface area contributed by atoms with Crippen LogP contribution in [-0.4, -0.2) is 35.4 Å². The van der Waals surface area contributed by atoms with Gasteiger partial charge >= 0.3 is 5.97 Å². The van der Waals surface area contributed by atoms with Crippen LogP contribution in [0.4, 0.5) is 5.69 Å². The van der Waals surface area contributed by atoms with Gasteiger partial charge < -0.3 is 9.47 Å². The second kappa shape index (κ2) is 8.43. The molecule has 8 heteroatoms. The van der Waals surface area contributed by atoms with E-state index in [1.54, 1.807) is 30.3 Å². The van der Waals surface area contributed by atoms with Gasteiger partial charge in [-0.1, -0.05) is 30.3 Å². The van der Waals surface area contributed by atoms with Crippen molar-refractivity contribution in [1.82, 2.24) is 4.57 Å². The lowest BCUT2D eigenvalue weighted by Gasteiger charge is -2.20. The Kier molecular flexibility index (Phi) is 5.92. The summed E-state index contributed by atoms with van der Waals surface area (Å²) in [7, 11) is 1.40. The molecule has 0 saturated heterocycles. The highest BCUT2D eigenvalue weighted by Crippen LogP contribution is 2.44. The number of methoxy groups -OCH3 is 1. The highest BCUT2D eigenvalue weighted by atomic mass is 16.5. The van der Waals surface area contributed by atoms with E-state index < -0.39 is 17.8 Å². The number of amides is 2. The van der Waals surface area contributed by atoms with Crippen molar-refractivity contribution in [3.63, 3.8) is 0 Å². The number of hydrogen-bond donors (Lipinski definition) is 0. The molecule has 0 aliphatic rings. The van der Waals surface area contributed by atoms with Gasteiger partial charge in [-0.2, -0.15) is 0 Å². The van der Waals surface area contributed by atoms with Crippen molar-refractivity contribution in [3.8, 4) is 22.8 Å². The highest BCUT2D eigenvalue weighted by Gasteiger charge is 2.28. The number of fused-ring (bicyclic) bond motifs is 1. The lowest BCUT2D eigenvalue weighted by atomic mass is 10.1. The number of hydrogen-bond acceptors (Lipinski definition) is 6. The lowest BCUT2D eigenvalue weighted by molar-refractivity contribution is -0.131. The number of esters is 1. The van der Waals surface area contributed by atoms with Crippen molar-refractivity contribution in [3.05, 3.63) is 42.5 Å². The third kappa shape index (κ3) is 3.92. The van der Waals surface area contributed by atoms with Gasteiger partial charge in [-0.25, -0.2) is 4.90 Å². The van der Waals surface area contributed by atoms with Gasteiger partial charge in [-0.05, 0) is 12.1 Å². The molecule has 0 N–H and O–H groups in total. The fourth-order valence-corrected chi connectivity index (χ4v) is 3.60. The topological polar surface area (TPSA) is 94.9 Å². The molecule has 0 unspecified atom stereocenters. The van der Waals surface area contributed by atoms with Gasteiger partial charge in [0.05, 0.1) is 24.0 Å². The van der Waals surface area contributed by atoms with E-state index in [4.69, 9.17) is 9.47 Å². The van der Waals surface area contributed by atoms with E-state index in [9.17, 15) is 19.2 Å². The Morgan fingerprint density at radius 1 is 0.903 bits per heavy atom. The zero-order valence-corrected chi connectivity index (χ0v) is 17.9. The van der Waals surface area contributed by atoms with E-state index in [1.165, 1.54) is 45.4 Å². The third-order valence-corrected chi connectivity index (χ3v) is 4.70. The van der Waals surface area contributed by atoms with Crippen molar-refractivity contribution in [2.24, 2.45) is 0 Å². The van der Waals surface area contributed by atoms with Gasteiger partial charge in [0.15, 0.2) is 5.75 Å². The summed E-state index contributed by atoms with van der Waals surface area (Å²) in [5, 5.41) is 0.428. The molecule has 160 valence electrons. The number of carbonyl (C=O) groups is 4. The zero-order chi connectivity index (χ0) is 22.9. The van der Waals surface area contributed by atoms with E-state index in [0.717, 1.165) is 4.90 Å². The summed E-state index contributed by atoms with van der Waals surface area (Å²) in [6, 6.07) is 12.1. The maximum atomic E-state index is 12.7. The Bertz CT molecular complexity index is 1200. The van der Waals surface area contributed by atoms with Crippen LogP contribution in [-0.2, 0) is 14.4 Å². The van der Waals surface area contributed by atoms with E-state index in [1.807, 2.05) is 6.07 Å². The van der Waals surface area contributed by atoms with Gasteiger partial charge in [0.2, 0.25) is 17.7 Å². The molecular formula is C23H22N2O6. The SMILES string of the molecule is COc1cc2c(OC(C)=O)c(-c3ccccc3)n(C(C)=O)c2cc1N(C(C)=O)C(C)=O. The maximum Gasteiger partial charge on any atom is 0.308 e. The number of benzene rings is 2. The average molecular weight is 422 g/mol. The fraction of sp³-hybridized carbons (Fsp3) is 0.217. The van der Waals surface area contributed by atoms with E-state index in [0.29, 0.717) is 22.2 Å². The number of rotatable bonds is 4. The first-order valence-corrected chi connectivity index (χ1v) is 9.49. The number of ether oxygens (including phenoxy) is 2. The van der Waals surface area contributed by atoms with Gasteiger partial charge in [0.1, 0.15) is 5.75 Å². The second-order valence-electron chi connectivity index (χ2n) is 6.91. The van der Waals surface area contributed by atoms with Crippen LogP contribution in [0, 0.1) is 0 Å². The van der Waals surface area contributed by atoms with E-state index in [-0.39, 0.29) is 23.1 Å². The van der Waals surface area contributed by atoms with E-state index in [2.05, 4.69) is 0 Å². The smallest absolute Gasteiger partial charge is 0.308 e. The Labute approximate surface area is 179 Å². The molecular weight excluding hydrogens is 400 g/mol. The molecule has 3 rings (SSSR count). The molecule has 31 heavy (non-hydrogen) atoms. The maximum absolute atomic E-state index is 12.7. The summed E-state index contributed by atoms with van der Waals surface area (Å²) >= 11 is 0. The third-order valence-electron chi connectivity index (χ3n) is 4.70. The van der Waals surface area contributed by atoms with Crippen LogP contribution < -0.4 is 14.4 Å². The predicted octanol–water partition coefficient (Wildman–Crippen LogP) is 3.80. The summed E-state index contributed by atoms with van der Waals surface area (Å²) in [6.45, 7) is 5.16. The van der Waals surface area contributed by atoms with Gasteiger partial charge in [-0.3, -0.25) is 23.7 Å². The van der Waals surface area contributed by atoms with Crippen molar-refractivity contribution in [2.45, 2.75) is 27.7 Å². The molecule has 8 nitrogen and oxygen atoms in total. The molecule has 0 saturated carbocycles. The van der Waals surface area contributed by atoms with Crippen LogP contribution in [0.5, 0.6) is 11.5 Å². The first kappa shape index (κ1) is 21.8. The van der Waals surface area contributed by atoms with E-state index >= 15 is 0 Å². The van der Waals surface area contributed by atoms with Crippen molar-refractivity contribution >= 4 is 40.3 Å². The predicted molar refractivity (Wildman–Crippen MR) is 115 cm³/mol. The van der Waals surface area contributed by atoms with Gasteiger partial charge in [0, 0.05) is 38.6 Å². The Hall–Kier alpha value is -3.94. The van der Waals surface area contributed by atoms with Crippen LogP contribution in [0.15, 0.2) is 42.5 Å². The molecule has 3 aromatic rings. The second-order valence-corrected chi connectivity index (χ2v) is 6.91. The number of carbonyl (C=O) groups excluding carboxylic acids is 4. The quantitative estimate of drug-likeness (QED) is 0.594. The largest absolute Gasteiger partial charge is 0.495 e. The molecule has 1 heterocycles. The minimum atomic E-state index is -0.558. The van der Waals surface area contributed by atoms with Crippen molar-refractivity contribution in [1.29, 1.82) is 0 Å². The Morgan fingerprint density at radius 3 is 2.00 bits per heavy atom. The molecule has 0 bridgehead atoms. The van der Waals surface area contributed by atoms with Crippen LogP contribution >= 0.6 is 0 Å².